The molecule has 0 bridgehead atoms. The number of aliphatic hydroxyl groups is 1. The van der Waals surface area contributed by atoms with Crippen LogP contribution < -0.4 is 0 Å². The normalized spacial score (nSPS) is 17.4. The van der Waals surface area contributed by atoms with Gasteiger partial charge in [0.1, 0.15) is 0 Å². The Balaban J connectivity index is 2.79. The van der Waals surface area contributed by atoms with Gasteiger partial charge >= 0.3 is 0 Å². The lowest BCUT2D eigenvalue weighted by Crippen LogP contribution is -2.20. The SMILES string of the molecule is CC1=C(C)C(=O)C(C/C=C(\C)CCCCO)=C(C)C1=O. The van der Waals surface area contributed by atoms with Crippen molar-refractivity contribution in [3.63, 3.8) is 0 Å². The highest BCUT2D eigenvalue weighted by Crippen LogP contribution is 2.26. The van der Waals surface area contributed by atoms with Gasteiger partial charge in [0.15, 0.2) is 11.6 Å². The van der Waals surface area contributed by atoms with Gasteiger partial charge in [0.05, 0.1) is 0 Å². The van der Waals surface area contributed by atoms with E-state index in [9.17, 15) is 9.59 Å². The largest absolute Gasteiger partial charge is 0.396 e. The molecule has 1 aliphatic rings. The molecule has 0 aromatic rings. The average molecular weight is 276 g/mol. The van der Waals surface area contributed by atoms with Crippen LogP contribution in [0, 0.1) is 0 Å². The second kappa shape index (κ2) is 7.34. The number of unbranched alkanes of at least 4 members (excludes halogenated alkanes) is 1. The van der Waals surface area contributed by atoms with E-state index in [0.29, 0.717) is 28.7 Å². The molecule has 0 heterocycles. The molecule has 20 heavy (non-hydrogen) atoms. The van der Waals surface area contributed by atoms with E-state index in [1.807, 2.05) is 13.0 Å². The molecular formula is C17H24O3. The topological polar surface area (TPSA) is 54.4 Å². The lowest BCUT2D eigenvalue weighted by Gasteiger charge is -2.17. The lowest BCUT2D eigenvalue weighted by atomic mass is 9.84. The quantitative estimate of drug-likeness (QED) is 0.460. The molecule has 0 saturated heterocycles. The fourth-order valence-electron chi connectivity index (χ4n) is 2.30. The van der Waals surface area contributed by atoms with Crippen molar-refractivity contribution in [1.82, 2.24) is 0 Å². The maximum atomic E-state index is 12.2. The third kappa shape index (κ3) is 3.76. The minimum Gasteiger partial charge on any atom is -0.396 e. The molecule has 110 valence electrons. The molecule has 0 atom stereocenters. The highest BCUT2D eigenvalue weighted by molar-refractivity contribution is 6.24. The van der Waals surface area contributed by atoms with Crippen molar-refractivity contribution in [2.24, 2.45) is 0 Å². The number of allylic oxidation sites excluding steroid dienone is 6. The van der Waals surface area contributed by atoms with Crippen LogP contribution in [-0.2, 0) is 9.59 Å². The Kier molecular flexibility index (Phi) is 6.08. The smallest absolute Gasteiger partial charge is 0.185 e. The average Bonchev–Trinajstić information content (AvgIpc) is 2.43. The van der Waals surface area contributed by atoms with Crippen LogP contribution in [0.4, 0.5) is 0 Å². The second-order valence-corrected chi connectivity index (χ2v) is 5.45. The van der Waals surface area contributed by atoms with Gasteiger partial charge < -0.3 is 5.11 Å². The molecular weight excluding hydrogens is 252 g/mol. The van der Waals surface area contributed by atoms with Gasteiger partial charge in [-0.05, 0) is 53.4 Å². The number of carbonyl (C=O) groups is 2. The standard InChI is InChI=1S/C17H24O3/c1-11(7-5-6-10-18)8-9-15-14(4)16(19)12(2)13(3)17(15)20/h8,18H,5-7,9-10H2,1-4H3/b11-8+. The molecule has 1 aliphatic carbocycles. The van der Waals surface area contributed by atoms with Crippen molar-refractivity contribution < 1.29 is 14.7 Å². The van der Waals surface area contributed by atoms with E-state index in [1.54, 1.807) is 20.8 Å². The molecule has 0 spiro atoms. The predicted molar refractivity (Wildman–Crippen MR) is 80.4 cm³/mol. The van der Waals surface area contributed by atoms with Crippen LogP contribution in [0.25, 0.3) is 0 Å². The summed E-state index contributed by atoms with van der Waals surface area (Å²) in [5, 5.41) is 8.75. The monoisotopic (exact) mass is 276 g/mol. The van der Waals surface area contributed by atoms with Crippen LogP contribution in [0.15, 0.2) is 33.9 Å². The van der Waals surface area contributed by atoms with E-state index in [-0.39, 0.29) is 18.2 Å². The molecule has 0 aromatic heterocycles. The van der Waals surface area contributed by atoms with Crippen LogP contribution in [0.2, 0.25) is 0 Å². The molecule has 0 saturated carbocycles. The first-order valence-electron chi connectivity index (χ1n) is 7.13. The van der Waals surface area contributed by atoms with Crippen LogP contribution >= 0.6 is 0 Å². The Hall–Kier alpha value is -1.48. The van der Waals surface area contributed by atoms with Crippen molar-refractivity contribution in [1.29, 1.82) is 0 Å². The van der Waals surface area contributed by atoms with Crippen LogP contribution in [0.5, 0.6) is 0 Å². The maximum absolute atomic E-state index is 12.2. The van der Waals surface area contributed by atoms with Gasteiger partial charge in [0.2, 0.25) is 0 Å². The number of hydrogen-bond donors (Lipinski definition) is 1. The zero-order valence-corrected chi connectivity index (χ0v) is 12.9. The van der Waals surface area contributed by atoms with Crippen LogP contribution in [0.1, 0.15) is 53.4 Å². The number of aliphatic hydroxyl groups excluding tert-OH is 1. The minimum atomic E-state index is -0.0107. The maximum Gasteiger partial charge on any atom is 0.185 e. The third-order valence-corrected chi connectivity index (χ3v) is 3.94. The molecule has 0 unspecified atom stereocenters. The number of carbonyl (C=O) groups excluding carboxylic acids is 2. The highest BCUT2D eigenvalue weighted by Gasteiger charge is 2.26. The Labute approximate surface area is 121 Å². The van der Waals surface area contributed by atoms with Gasteiger partial charge in [0.25, 0.3) is 0 Å². The Morgan fingerprint density at radius 3 is 2.20 bits per heavy atom. The zero-order valence-electron chi connectivity index (χ0n) is 12.9. The summed E-state index contributed by atoms with van der Waals surface area (Å²) in [4.78, 5) is 24.3. The molecule has 0 aromatic carbocycles. The summed E-state index contributed by atoms with van der Waals surface area (Å²) in [6.07, 6.45) is 5.21. The van der Waals surface area contributed by atoms with Crippen molar-refractivity contribution in [2.75, 3.05) is 6.61 Å². The summed E-state index contributed by atoms with van der Waals surface area (Å²) in [6.45, 7) is 7.41. The van der Waals surface area contributed by atoms with E-state index >= 15 is 0 Å². The first kappa shape index (κ1) is 16.6. The second-order valence-electron chi connectivity index (χ2n) is 5.45. The lowest BCUT2D eigenvalue weighted by molar-refractivity contribution is -0.116. The number of Topliss-reactive ketones (excluding diaryl/α,β-unsaturated/α-hetero) is 2. The van der Waals surface area contributed by atoms with Crippen LogP contribution in [-0.4, -0.2) is 23.3 Å². The van der Waals surface area contributed by atoms with Gasteiger partial charge in [-0.3, -0.25) is 9.59 Å². The van der Waals surface area contributed by atoms with Gasteiger partial charge in [-0.2, -0.15) is 0 Å². The van der Waals surface area contributed by atoms with E-state index in [2.05, 4.69) is 0 Å². The Morgan fingerprint density at radius 2 is 1.60 bits per heavy atom. The number of ketones is 2. The fourth-order valence-corrected chi connectivity index (χ4v) is 2.30. The van der Waals surface area contributed by atoms with E-state index in [1.165, 1.54) is 5.57 Å². The third-order valence-electron chi connectivity index (χ3n) is 3.94. The molecule has 0 fully saturated rings. The number of rotatable bonds is 6. The Bertz CT molecular complexity index is 504. The summed E-state index contributed by atoms with van der Waals surface area (Å²) in [5.41, 5.74) is 3.54. The minimum absolute atomic E-state index is 0.000918. The van der Waals surface area contributed by atoms with Gasteiger partial charge in [-0.1, -0.05) is 11.6 Å². The van der Waals surface area contributed by atoms with Crippen molar-refractivity contribution in [2.45, 2.75) is 53.4 Å². The molecule has 0 aliphatic heterocycles. The summed E-state index contributed by atoms with van der Waals surface area (Å²) >= 11 is 0. The molecule has 1 rings (SSSR count). The number of hydrogen-bond acceptors (Lipinski definition) is 3. The van der Waals surface area contributed by atoms with Crippen molar-refractivity contribution in [3.05, 3.63) is 33.9 Å². The Morgan fingerprint density at radius 1 is 1.00 bits per heavy atom. The molecule has 0 radical (unpaired) electrons. The fraction of sp³-hybridized carbons (Fsp3) is 0.529. The molecule has 0 amide bonds. The summed E-state index contributed by atoms with van der Waals surface area (Å²) < 4.78 is 0. The van der Waals surface area contributed by atoms with Crippen molar-refractivity contribution >= 4 is 11.6 Å². The first-order chi connectivity index (χ1) is 9.40. The summed E-state index contributed by atoms with van der Waals surface area (Å²) in [7, 11) is 0. The molecule has 3 nitrogen and oxygen atoms in total. The molecule has 3 heteroatoms. The van der Waals surface area contributed by atoms with Crippen molar-refractivity contribution in [3.8, 4) is 0 Å². The summed E-state index contributed by atoms with van der Waals surface area (Å²) in [6, 6.07) is 0. The van der Waals surface area contributed by atoms with E-state index in [0.717, 1.165) is 19.3 Å². The van der Waals surface area contributed by atoms with E-state index < -0.39 is 0 Å². The van der Waals surface area contributed by atoms with Gasteiger partial charge in [-0.25, -0.2) is 0 Å². The van der Waals surface area contributed by atoms with Gasteiger partial charge in [0, 0.05) is 28.9 Å². The molecule has 1 N–H and O–H groups in total. The zero-order chi connectivity index (χ0) is 15.3. The highest BCUT2D eigenvalue weighted by atomic mass is 16.2. The van der Waals surface area contributed by atoms with E-state index in [4.69, 9.17) is 5.11 Å². The van der Waals surface area contributed by atoms with Gasteiger partial charge in [-0.15, -0.1) is 0 Å². The van der Waals surface area contributed by atoms with Crippen LogP contribution in [0.3, 0.4) is 0 Å². The summed E-state index contributed by atoms with van der Waals surface area (Å²) in [5.74, 6) is -0.0116. The predicted octanol–water partition coefficient (Wildman–Crippen LogP) is 3.29. The first-order valence-corrected chi connectivity index (χ1v) is 7.13.